The predicted octanol–water partition coefficient (Wildman–Crippen LogP) is 3.86. The molecule has 26 heavy (non-hydrogen) atoms. The molecule has 2 atom stereocenters. The van der Waals surface area contributed by atoms with Crippen LogP contribution in [0.1, 0.15) is 35.6 Å². The Bertz CT molecular complexity index is 751. The summed E-state index contributed by atoms with van der Waals surface area (Å²) in [7, 11) is 0. The number of hydrogen-bond donors (Lipinski definition) is 2. The number of hydrogen-bond acceptors (Lipinski definition) is 3. The maximum Gasteiger partial charge on any atom is 0.230 e. The first kappa shape index (κ1) is 18.9. The Morgan fingerprint density at radius 3 is 2.81 bits per heavy atom. The van der Waals surface area contributed by atoms with E-state index >= 15 is 0 Å². The van der Waals surface area contributed by atoms with E-state index in [0.717, 1.165) is 43.6 Å². The fourth-order valence-electron chi connectivity index (χ4n) is 3.81. The van der Waals surface area contributed by atoms with Gasteiger partial charge >= 0.3 is 0 Å². The van der Waals surface area contributed by atoms with Gasteiger partial charge in [-0.2, -0.15) is 0 Å². The molecular formula is C21H25ClN2O2. The standard InChI is InChI=1S/C21H24N2O2.ClH/c24-21(23-18-9-8-15-10-11-22-14-17(15)13-18)19-7-4-12-25-20(19)16-5-2-1-3-6-16;/h1-3,5-6,8-9,13,19-20,22H,4,7,10-12,14H2,(H,23,24);1H. The molecule has 2 aliphatic heterocycles. The number of benzene rings is 2. The molecule has 2 heterocycles. The summed E-state index contributed by atoms with van der Waals surface area (Å²) in [4.78, 5) is 12.9. The molecule has 138 valence electrons. The Hall–Kier alpha value is -1.88. The van der Waals surface area contributed by atoms with Gasteiger partial charge in [0.05, 0.1) is 12.0 Å². The molecule has 1 saturated heterocycles. The summed E-state index contributed by atoms with van der Waals surface area (Å²) in [5.41, 5.74) is 4.62. The van der Waals surface area contributed by atoms with Gasteiger partial charge in [0.1, 0.15) is 0 Å². The summed E-state index contributed by atoms with van der Waals surface area (Å²) in [5, 5.41) is 6.50. The molecule has 0 saturated carbocycles. The molecule has 1 amide bonds. The van der Waals surface area contributed by atoms with E-state index in [9.17, 15) is 4.79 Å². The molecule has 0 bridgehead atoms. The molecule has 1 fully saturated rings. The van der Waals surface area contributed by atoms with E-state index in [1.165, 1.54) is 11.1 Å². The summed E-state index contributed by atoms with van der Waals surface area (Å²) in [6.07, 6.45) is 2.68. The van der Waals surface area contributed by atoms with Gasteiger partial charge in [-0.1, -0.05) is 36.4 Å². The zero-order chi connectivity index (χ0) is 17.1. The Balaban J connectivity index is 0.00000196. The Morgan fingerprint density at radius 2 is 1.96 bits per heavy atom. The smallest absolute Gasteiger partial charge is 0.230 e. The highest BCUT2D eigenvalue weighted by atomic mass is 35.5. The number of halogens is 1. The first-order valence-electron chi connectivity index (χ1n) is 9.11. The lowest BCUT2D eigenvalue weighted by molar-refractivity contribution is -0.129. The average molecular weight is 373 g/mol. The first-order valence-corrected chi connectivity index (χ1v) is 9.11. The van der Waals surface area contributed by atoms with Crippen molar-refractivity contribution >= 4 is 24.0 Å². The van der Waals surface area contributed by atoms with Gasteiger partial charge in [0.25, 0.3) is 0 Å². The van der Waals surface area contributed by atoms with E-state index in [1.807, 2.05) is 36.4 Å². The molecule has 2 aliphatic rings. The zero-order valence-corrected chi connectivity index (χ0v) is 15.6. The number of carbonyl (C=O) groups excluding carboxylic acids is 1. The van der Waals surface area contributed by atoms with E-state index in [2.05, 4.69) is 22.8 Å². The van der Waals surface area contributed by atoms with Crippen LogP contribution in [0.25, 0.3) is 0 Å². The van der Waals surface area contributed by atoms with Crippen LogP contribution in [0.2, 0.25) is 0 Å². The quantitative estimate of drug-likeness (QED) is 0.860. The SMILES string of the molecule is Cl.O=C(Nc1ccc2c(c1)CNCC2)C1CCCOC1c1ccccc1. The van der Waals surface area contributed by atoms with E-state index in [4.69, 9.17) is 4.74 Å². The van der Waals surface area contributed by atoms with Gasteiger partial charge in [-0.25, -0.2) is 0 Å². The number of fused-ring (bicyclic) bond motifs is 1. The summed E-state index contributed by atoms with van der Waals surface area (Å²) < 4.78 is 5.96. The van der Waals surface area contributed by atoms with Crippen molar-refractivity contribution in [2.75, 3.05) is 18.5 Å². The second-order valence-electron chi connectivity index (χ2n) is 6.85. The molecule has 0 aromatic heterocycles. The van der Waals surface area contributed by atoms with Gasteiger partial charge in [0.2, 0.25) is 5.91 Å². The van der Waals surface area contributed by atoms with Crippen molar-refractivity contribution in [3.8, 4) is 0 Å². The van der Waals surface area contributed by atoms with E-state index in [0.29, 0.717) is 6.61 Å². The Labute approximate surface area is 160 Å². The second kappa shape index (κ2) is 8.67. The highest BCUT2D eigenvalue weighted by Gasteiger charge is 2.33. The van der Waals surface area contributed by atoms with Gasteiger partial charge in [0, 0.05) is 18.8 Å². The molecule has 4 rings (SSSR count). The van der Waals surface area contributed by atoms with Crippen molar-refractivity contribution in [1.29, 1.82) is 0 Å². The fraction of sp³-hybridized carbons (Fsp3) is 0.381. The molecule has 2 unspecified atom stereocenters. The second-order valence-corrected chi connectivity index (χ2v) is 6.85. The van der Waals surface area contributed by atoms with E-state index in [1.54, 1.807) is 0 Å². The highest BCUT2D eigenvalue weighted by Crippen LogP contribution is 2.34. The van der Waals surface area contributed by atoms with Crippen LogP contribution in [0.3, 0.4) is 0 Å². The van der Waals surface area contributed by atoms with Crippen LogP contribution < -0.4 is 10.6 Å². The Morgan fingerprint density at radius 1 is 1.12 bits per heavy atom. The fourth-order valence-corrected chi connectivity index (χ4v) is 3.81. The normalized spacial score (nSPS) is 22.0. The van der Waals surface area contributed by atoms with Crippen LogP contribution in [-0.4, -0.2) is 19.1 Å². The molecule has 5 heteroatoms. The van der Waals surface area contributed by atoms with E-state index in [-0.39, 0.29) is 30.3 Å². The predicted molar refractivity (Wildman–Crippen MR) is 106 cm³/mol. The molecule has 2 aromatic rings. The third-order valence-corrected chi connectivity index (χ3v) is 5.15. The number of ether oxygens (including phenoxy) is 1. The van der Waals surface area contributed by atoms with Gasteiger partial charge in [-0.3, -0.25) is 4.79 Å². The Kier molecular flexibility index (Phi) is 6.30. The maximum absolute atomic E-state index is 12.9. The minimum Gasteiger partial charge on any atom is -0.373 e. The molecular weight excluding hydrogens is 348 g/mol. The number of anilines is 1. The van der Waals surface area contributed by atoms with Crippen LogP contribution in [0.5, 0.6) is 0 Å². The first-order chi connectivity index (χ1) is 12.3. The molecule has 0 aliphatic carbocycles. The third kappa shape index (κ3) is 4.09. The van der Waals surface area contributed by atoms with Gasteiger partial charge in [-0.05, 0) is 54.6 Å². The number of amides is 1. The lowest BCUT2D eigenvalue weighted by atomic mass is 9.88. The summed E-state index contributed by atoms with van der Waals surface area (Å²) in [5.74, 6) is -0.0948. The molecule has 2 N–H and O–H groups in total. The summed E-state index contributed by atoms with van der Waals surface area (Å²) in [6, 6.07) is 16.3. The van der Waals surface area contributed by atoms with Gasteiger partial charge < -0.3 is 15.4 Å². The van der Waals surface area contributed by atoms with Crippen LogP contribution in [-0.2, 0) is 22.5 Å². The minimum absolute atomic E-state index is 0. The third-order valence-electron chi connectivity index (χ3n) is 5.15. The van der Waals surface area contributed by atoms with Gasteiger partial charge in [0.15, 0.2) is 0 Å². The van der Waals surface area contributed by atoms with Crippen molar-refractivity contribution < 1.29 is 9.53 Å². The zero-order valence-electron chi connectivity index (χ0n) is 14.7. The lowest BCUT2D eigenvalue weighted by Gasteiger charge is -2.31. The van der Waals surface area contributed by atoms with Crippen molar-refractivity contribution in [2.24, 2.45) is 5.92 Å². The van der Waals surface area contributed by atoms with Crippen LogP contribution in [0.15, 0.2) is 48.5 Å². The lowest BCUT2D eigenvalue weighted by Crippen LogP contribution is -2.33. The molecule has 0 spiro atoms. The number of nitrogens with one attached hydrogen (secondary N) is 2. The molecule has 0 radical (unpaired) electrons. The monoisotopic (exact) mass is 372 g/mol. The molecule has 2 aromatic carbocycles. The highest BCUT2D eigenvalue weighted by molar-refractivity contribution is 5.93. The van der Waals surface area contributed by atoms with Crippen LogP contribution >= 0.6 is 12.4 Å². The summed E-state index contributed by atoms with van der Waals surface area (Å²) >= 11 is 0. The minimum atomic E-state index is -0.158. The van der Waals surface area contributed by atoms with Crippen LogP contribution in [0, 0.1) is 5.92 Å². The average Bonchev–Trinajstić information content (AvgIpc) is 2.68. The van der Waals surface area contributed by atoms with Gasteiger partial charge in [-0.15, -0.1) is 12.4 Å². The maximum atomic E-state index is 12.9. The van der Waals surface area contributed by atoms with Crippen molar-refractivity contribution in [2.45, 2.75) is 31.9 Å². The van der Waals surface area contributed by atoms with Crippen molar-refractivity contribution in [3.63, 3.8) is 0 Å². The topological polar surface area (TPSA) is 50.4 Å². The van der Waals surface area contributed by atoms with Crippen LogP contribution in [0.4, 0.5) is 5.69 Å². The van der Waals surface area contributed by atoms with Crippen molar-refractivity contribution in [3.05, 3.63) is 65.2 Å². The number of rotatable bonds is 3. The largest absolute Gasteiger partial charge is 0.373 e. The molecule has 4 nitrogen and oxygen atoms in total. The van der Waals surface area contributed by atoms with Crippen molar-refractivity contribution in [1.82, 2.24) is 5.32 Å². The van der Waals surface area contributed by atoms with E-state index < -0.39 is 0 Å². The summed E-state index contributed by atoms with van der Waals surface area (Å²) in [6.45, 7) is 2.61. The number of carbonyl (C=O) groups is 1.